The number of allylic oxidation sites excluding steroid dienone is 2. The van der Waals surface area contributed by atoms with Crippen molar-refractivity contribution in [3.8, 4) is 0 Å². The number of hydrogen-bond acceptors (Lipinski definition) is 4. The van der Waals surface area contributed by atoms with Crippen molar-refractivity contribution in [1.29, 1.82) is 0 Å². The molecule has 0 N–H and O–H groups in total. The summed E-state index contributed by atoms with van der Waals surface area (Å²) in [6.45, 7) is 14.6. The van der Waals surface area contributed by atoms with Crippen molar-refractivity contribution in [2.75, 3.05) is 9.80 Å². The summed E-state index contributed by atoms with van der Waals surface area (Å²) in [6.07, 6.45) is 13.9. The topological polar surface area (TPSA) is 32.8 Å². The Morgan fingerprint density at radius 2 is 1.17 bits per heavy atom. The molecule has 1 aliphatic heterocycles. The van der Waals surface area contributed by atoms with Gasteiger partial charge in [0.1, 0.15) is 20.8 Å². The smallest absolute Gasteiger partial charge is 0.308 e. The fraction of sp³-hybridized carbons (Fsp3) is 0.479. The van der Waals surface area contributed by atoms with Gasteiger partial charge in [-0.1, -0.05) is 112 Å². The Bertz CT molecular complexity index is 1990. The van der Waals surface area contributed by atoms with Gasteiger partial charge in [-0.25, -0.2) is 0 Å². The van der Waals surface area contributed by atoms with E-state index in [1.54, 1.807) is 0 Å². The Hall–Kier alpha value is -1.46. The average molecular weight is 1060 g/mol. The van der Waals surface area contributed by atoms with E-state index in [0.717, 1.165) is 49.5 Å². The molecular weight excluding hydrogens is 999 g/mol. The summed E-state index contributed by atoms with van der Waals surface area (Å²) in [7, 11) is -0.744. The Labute approximate surface area is 388 Å². The fourth-order valence-corrected chi connectivity index (χ4v) is 17.8. The molecule has 2 unspecified atom stereocenters. The molecule has 0 saturated heterocycles. The first kappa shape index (κ1) is 46.1. The number of halogens is 4. The summed E-state index contributed by atoms with van der Waals surface area (Å²) in [5.41, 5.74) is 13.3. The Kier molecular flexibility index (Phi) is 15.3. The standard InChI is InChI=1S/C48H57Br2Cl2N2O2P.Ru/c1-29-25-31(3)42(32(4)26-29)53-45(49)46(50)54(43-33(5)27-30(2)28-34(43)6)47(53)40-41(51)39(44(56-35(7)55)36-17-11-8-12-18-36)23-24-48(40,52)57(37-19-13-9-14-20-37)38-21-15-10-16-22-38;/h8,11-12,17-18,25-28,37-38,41H,9-10,13-16,19-24H2,1-7H3;. The first-order valence-electron chi connectivity index (χ1n) is 20.9. The van der Waals surface area contributed by atoms with Crippen LogP contribution in [0, 0.1) is 41.5 Å². The van der Waals surface area contributed by atoms with Gasteiger partial charge < -0.3 is 4.74 Å². The SMILES string of the molecule is CC(=O)OC(=C1CCC(Cl)(P(C2CCCCC2)C2CCCCC2)C(=C2N(c3c(C)cc(C)cc3C)C(Br)=C(Br)N2c2c(C)cc(C)cc2C)C1Cl)c1ccccc1.[Ru]. The molecule has 0 spiro atoms. The Balaban J connectivity index is 0.00000567. The van der Waals surface area contributed by atoms with Crippen LogP contribution in [0.4, 0.5) is 11.4 Å². The van der Waals surface area contributed by atoms with Crippen molar-refractivity contribution >= 4 is 86.1 Å². The van der Waals surface area contributed by atoms with Crippen molar-refractivity contribution in [1.82, 2.24) is 0 Å². The predicted octanol–water partition coefficient (Wildman–Crippen LogP) is 15.4. The van der Waals surface area contributed by atoms with Crippen LogP contribution in [0.3, 0.4) is 0 Å². The molecule has 58 heavy (non-hydrogen) atoms. The van der Waals surface area contributed by atoms with Crippen LogP contribution in [-0.4, -0.2) is 27.3 Å². The van der Waals surface area contributed by atoms with Crippen LogP contribution in [0.5, 0.6) is 0 Å². The minimum Gasteiger partial charge on any atom is -0.426 e. The second kappa shape index (κ2) is 19.3. The third kappa shape index (κ3) is 8.90. The van der Waals surface area contributed by atoms with Gasteiger partial charge in [0.15, 0.2) is 0 Å². The van der Waals surface area contributed by atoms with Gasteiger partial charge in [-0.15, -0.1) is 23.2 Å². The largest absolute Gasteiger partial charge is 0.426 e. The van der Waals surface area contributed by atoms with Gasteiger partial charge in [0.25, 0.3) is 0 Å². The summed E-state index contributed by atoms with van der Waals surface area (Å²) in [6, 6.07) is 19.1. The maximum Gasteiger partial charge on any atom is 0.308 e. The molecule has 3 aromatic rings. The zero-order valence-corrected chi connectivity index (χ0v) is 42.3. The molecule has 3 aliphatic carbocycles. The molecule has 2 atom stereocenters. The summed E-state index contributed by atoms with van der Waals surface area (Å²) >= 11 is 25.5. The van der Waals surface area contributed by atoms with Crippen molar-refractivity contribution in [2.45, 2.75) is 147 Å². The van der Waals surface area contributed by atoms with Crippen LogP contribution in [-0.2, 0) is 29.0 Å². The average Bonchev–Trinajstić information content (AvgIpc) is 3.39. The third-order valence-corrected chi connectivity index (χ3v) is 19.9. The monoisotopic (exact) mass is 1050 g/mol. The quantitative estimate of drug-likeness (QED) is 0.0590. The zero-order chi connectivity index (χ0) is 40.8. The summed E-state index contributed by atoms with van der Waals surface area (Å²) in [5.74, 6) is 1.16. The van der Waals surface area contributed by atoms with Gasteiger partial charge >= 0.3 is 5.97 Å². The molecule has 312 valence electrons. The van der Waals surface area contributed by atoms with Crippen LogP contribution in [0.2, 0.25) is 0 Å². The number of hydrogen-bond donors (Lipinski definition) is 0. The van der Waals surface area contributed by atoms with E-state index in [0.29, 0.717) is 23.5 Å². The van der Waals surface area contributed by atoms with E-state index in [-0.39, 0.29) is 25.4 Å². The number of benzene rings is 3. The van der Waals surface area contributed by atoms with Crippen LogP contribution in [0.1, 0.15) is 123 Å². The molecule has 0 radical (unpaired) electrons. The number of ether oxygens (including phenoxy) is 1. The molecule has 1 heterocycles. The molecule has 4 nitrogen and oxygen atoms in total. The molecule has 0 amide bonds. The summed E-state index contributed by atoms with van der Waals surface area (Å²) in [5, 5.41) is -0.654. The number of aryl methyl sites for hydroxylation is 6. The van der Waals surface area contributed by atoms with Gasteiger partial charge in [-0.2, -0.15) is 0 Å². The number of alkyl halides is 2. The van der Waals surface area contributed by atoms with Crippen molar-refractivity contribution in [3.63, 3.8) is 0 Å². The predicted molar refractivity (Wildman–Crippen MR) is 251 cm³/mol. The van der Waals surface area contributed by atoms with Gasteiger partial charge in [0.05, 0.1) is 21.4 Å². The number of nitrogens with zero attached hydrogens (tertiary/aromatic N) is 2. The van der Waals surface area contributed by atoms with E-state index in [4.69, 9.17) is 27.9 Å². The van der Waals surface area contributed by atoms with Crippen molar-refractivity contribution < 1.29 is 29.0 Å². The molecule has 3 fully saturated rings. The maximum absolute atomic E-state index is 13.0. The summed E-state index contributed by atoms with van der Waals surface area (Å²) < 4.78 is 7.32. The van der Waals surface area contributed by atoms with E-state index in [1.165, 1.54) is 105 Å². The van der Waals surface area contributed by atoms with E-state index in [2.05, 4.69) is 107 Å². The fourth-order valence-electron chi connectivity index (χ4n) is 10.5. The van der Waals surface area contributed by atoms with Gasteiger partial charge in [0.2, 0.25) is 0 Å². The minimum absolute atomic E-state index is 0. The molecule has 3 aromatic carbocycles. The molecular formula is C48H57Br2Cl2N2O2PRu. The third-order valence-electron chi connectivity index (χ3n) is 12.6. The van der Waals surface area contributed by atoms with E-state index in [9.17, 15) is 4.79 Å². The van der Waals surface area contributed by atoms with E-state index >= 15 is 0 Å². The number of carbonyl (C=O) groups is 1. The molecule has 7 rings (SSSR count). The van der Waals surface area contributed by atoms with Crippen molar-refractivity contribution in [2.24, 2.45) is 0 Å². The van der Waals surface area contributed by atoms with Crippen LogP contribution in [0.25, 0.3) is 5.76 Å². The first-order valence-corrected chi connectivity index (χ1v) is 24.7. The van der Waals surface area contributed by atoms with Crippen molar-refractivity contribution in [3.05, 3.63) is 120 Å². The van der Waals surface area contributed by atoms with Crippen LogP contribution >= 0.6 is 63.0 Å². The van der Waals surface area contributed by atoms with E-state index in [1.807, 2.05) is 30.3 Å². The second-order valence-corrected chi connectivity index (χ2v) is 22.8. The Morgan fingerprint density at radius 3 is 1.59 bits per heavy atom. The number of esters is 1. The molecule has 3 saturated carbocycles. The molecule has 4 aliphatic rings. The van der Waals surface area contributed by atoms with Gasteiger partial charge in [-0.05, 0) is 151 Å². The zero-order valence-electron chi connectivity index (χ0n) is 34.9. The van der Waals surface area contributed by atoms with Gasteiger partial charge in [-0.3, -0.25) is 14.6 Å². The molecule has 10 heteroatoms. The summed E-state index contributed by atoms with van der Waals surface area (Å²) in [4.78, 5) is 17.7. The first-order chi connectivity index (χ1) is 27.2. The Morgan fingerprint density at radius 1 is 0.741 bits per heavy atom. The van der Waals surface area contributed by atoms with E-state index < -0.39 is 17.9 Å². The maximum atomic E-state index is 13.0. The van der Waals surface area contributed by atoms with Gasteiger partial charge in [0, 0.05) is 37.5 Å². The number of carbonyl (C=O) groups excluding carboxylic acids is 1. The number of anilines is 2. The minimum atomic E-state index is -0.744. The van der Waals surface area contributed by atoms with Crippen LogP contribution in [0.15, 0.2) is 80.8 Å². The normalized spacial score (nSPS) is 23.1. The number of rotatable bonds is 7. The van der Waals surface area contributed by atoms with Crippen LogP contribution < -0.4 is 9.80 Å². The molecule has 0 bridgehead atoms. The second-order valence-electron chi connectivity index (χ2n) is 16.9. The molecule has 0 aromatic heterocycles.